The van der Waals surface area contributed by atoms with E-state index in [4.69, 9.17) is 10.8 Å². The van der Waals surface area contributed by atoms with E-state index in [1.54, 1.807) is 18.2 Å². The molecule has 0 unspecified atom stereocenters. The normalized spacial score (nSPS) is 8.53. The van der Waals surface area contributed by atoms with Gasteiger partial charge in [-0.2, -0.15) is 5.01 Å². The highest BCUT2D eigenvalue weighted by Crippen LogP contribution is 2.08. The van der Waals surface area contributed by atoms with Crippen molar-refractivity contribution in [3.63, 3.8) is 0 Å². The summed E-state index contributed by atoms with van der Waals surface area (Å²) < 4.78 is 0. The first-order valence-corrected chi connectivity index (χ1v) is 4.34. The second kappa shape index (κ2) is 6.77. The van der Waals surface area contributed by atoms with Crippen LogP contribution in [0.25, 0.3) is 0 Å². The maximum atomic E-state index is 10.3. The van der Waals surface area contributed by atoms with Gasteiger partial charge in [0.1, 0.15) is 0 Å². The molecule has 0 aliphatic rings. The quantitative estimate of drug-likeness (QED) is 0.395. The molecule has 0 spiro atoms. The van der Waals surface area contributed by atoms with E-state index >= 15 is 0 Å². The molecule has 1 aromatic carbocycles. The lowest BCUT2D eigenvalue weighted by molar-refractivity contribution is 0.0698. The third-order valence-electron chi connectivity index (χ3n) is 1.63. The highest BCUT2D eigenvalue weighted by Gasteiger charge is 2.03. The predicted molar refractivity (Wildman–Crippen MR) is 61.0 cm³/mol. The molecule has 0 saturated heterocycles. The molecular formula is C9H12N4O4. The average Bonchev–Trinajstić information content (AvgIpc) is 2.28. The van der Waals surface area contributed by atoms with Crippen LogP contribution in [0.3, 0.4) is 0 Å². The minimum Gasteiger partial charge on any atom is -0.478 e. The second-order valence-corrected chi connectivity index (χ2v) is 2.84. The molecule has 1 aromatic rings. The molecule has 8 nitrogen and oxygen atoms in total. The molecule has 92 valence electrons. The van der Waals surface area contributed by atoms with E-state index in [0.29, 0.717) is 10.7 Å². The Hall–Kier alpha value is -2.64. The average molecular weight is 240 g/mol. The molecule has 0 heterocycles. The van der Waals surface area contributed by atoms with Crippen molar-refractivity contribution in [1.82, 2.24) is 5.01 Å². The predicted octanol–water partition coefficient (Wildman–Crippen LogP) is 0.645. The lowest BCUT2D eigenvalue weighted by atomic mass is 10.2. The number of rotatable bonds is 2. The number of hydrogen-bond acceptors (Lipinski definition) is 5. The molecule has 0 bridgehead atoms. The van der Waals surface area contributed by atoms with E-state index in [2.05, 4.69) is 11.0 Å². The number of carbonyl (C=O) groups is 2. The van der Waals surface area contributed by atoms with Crippen molar-refractivity contribution in [2.75, 3.05) is 12.8 Å². The number of nitroso groups, excluding NO2 is 1. The molecule has 2 amide bonds. The van der Waals surface area contributed by atoms with Crippen LogP contribution in [0, 0.1) is 4.91 Å². The van der Waals surface area contributed by atoms with Crippen LogP contribution in [0.15, 0.2) is 29.6 Å². The van der Waals surface area contributed by atoms with Crippen LogP contribution >= 0.6 is 0 Å². The number of nitrogens with two attached hydrogens (primary N) is 2. The van der Waals surface area contributed by atoms with Crippen molar-refractivity contribution < 1.29 is 14.7 Å². The van der Waals surface area contributed by atoms with Crippen LogP contribution in [0.4, 0.5) is 10.5 Å². The smallest absolute Gasteiger partial charge is 0.337 e. The fraction of sp³-hybridized carbons (Fsp3) is 0.111. The Morgan fingerprint density at radius 2 is 1.88 bits per heavy atom. The van der Waals surface area contributed by atoms with Crippen molar-refractivity contribution in [3.8, 4) is 0 Å². The van der Waals surface area contributed by atoms with Gasteiger partial charge in [-0.3, -0.25) is 0 Å². The Morgan fingerprint density at radius 3 is 2.12 bits per heavy atom. The molecule has 0 aliphatic heterocycles. The van der Waals surface area contributed by atoms with E-state index in [1.807, 2.05) is 0 Å². The van der Waals surface area contributed by atoms with Crippen LogP contribution in [0.2, 0.25) is 0 Å². The molecule has 0 radical (unpaired) electrons. The van der Waals surface area contributed by atoms with E-state index in [9.17, 15) is 14.5 Å². The molecule has 1 rings (SSSR count). The Labute approximate surface area is 96.8 Å². The van der Waals surface area contributed by atoms with Crippen LogP contribution in [-0.2, 0) is 0 Å². The van der Waals surface area contributed by atoms with E-state index in [1.165, 1.54) is 13.1 Å². The first-order valence-electron chi connectivity index (χ1n) is 4.34. The van der Waals surface area contributed by atoms with Gasteiger partial charge in [0.05, 0.1) is 10.8 Å². The maximum Gasteiger partial charge on any atom is 0.337 e. The van der Waals surface area contributed by atoms with Crippen LogP contribution in [-0.4, -0.2) is 29.2 Å². The molecule has 0 aromatic heterocycles. The summed E-state index contributed by atoms with van der Waals surface area (Å²) in [4.78, 5) is 29.4. The number of urea groups is 1. The van der Waals surface area contributed by atoms with Gasteiger partial charge in [-0.05, 0) is 12.1 Å². The highest BCUT2D eigenvalue weighted by atomic mass is 16.4. The Kier molecular flexibility index (Phi) is 5.72. The Morgan fingerprint density at radius 1 is 1.35 bits per heavy atom. The minimum atomic E-state index is -0.988. The van der Waals surface area contributed by atoms with Gasteiger partial charge in [0.15, 0.2) is 0 Å². The number of para-hydroxylation sites is 1. The Balaban J connectivity index is 0.000000325. The summed E-state index contributed by atoms with van der Waals surface area (Å²) >= 11 is 0. The number of carbonyl (C=O) groups excluding carboxylic acids is 1. The van der Waals surface area contributed by atoms with E-state index in [0.717, 1.165) is 0 Å². The summed E-state index contributed by atoms with van der Waals surface area (Å²) in [7, 11) is 1.18. The second-order valence-electron chi connectivity index (χ2n) is 2.84. The first kappa shape index (κ1) is 14.4. The zero-order valence-electron chi connectivity index (χ0n) is 9.03. The number of amides is 2. The monoisotopic (exact) mass is 240 g/mol. The standard InChI is InChI=1S/C7H7NO2.C2H5N3O2/c8-6-4-2-1-3-5(6)7(9)10;1-5(4-7)2(3)6/h1-4H,8H2,(H,9,10);1H3,(H2,3,6). The molecule has 8 heteroatoms. The number of primary amides is 1. The van der Waals surface area contributed by atoms with Gasteiger partial charge in [-0.15, -0.1) is 4.91 Å². The van der Waals surface area contributed by atoms with Gasteiger partial charge < -0.3 is 16.6 Å². The lowest BCUT2D eigenvalue weighted by Crippen LogP contribution is -2.26. The minimum absolute atomic E-state index is 0.155. The summed E-state index contributed by atoms with van der Waals surface area (Å²) in [6.45, 7) is 0. The zero-order chi connectivity index (χ0) is 13.4. The van der Waals surface area contributed by atoms with Crippen molar-refractivity contribution in [1.29, 1.82) is 0 Å². The van der Waals surface area contributed by atoms with Crippen LogP contribution < -0.4 is 11.5 Å². The van der Waals surface area contributed by atoms with Gasteiger partial charge in [0, 0.05) is 12.7 Å². The number of benzene rings is 1. The summed E-state index contributed by atoms with van der Waals surface area (Å²) in [6, 6.07) is 5.51. The fourth-order valence-electron chi connectivity index (χ4n) is 0.732. The number of nitrogens with zero attached hydrogens (tertiary/aromatic N) is 2. The summed E-state index contributed by atoms with van der Waals surface area (Å²) in [5, 5.41) is 11.2. The van der Waals surface area contributed by atoms with Crippen LogP contribution in [0.1, 0.15) is 10.4 Å². The highest BCUT2D eigenvalue weighted by molar-refractivity contribution is 5.93. The van der Waals surface area contributed by atoms with Gasteiger partial charge in [0.2, 0.25) is 0 Å². The molecule has 0 fully saturated rings. The molecule has 17 heavy (non-hydrogen) atoms. The molecule has 0 aliphatic carbocycles. The summed E-state index contributed by atoms with van der Waals surface area (Å²) in [5.41, 5.74) is 10.3. The van der Waals surface area contributed by atoms with Crippen molar-refractivity contribution in [2.45, 2.75) is 0 Å². The van der Waals surface area contributed by atoms with Gasteiger partial charge in [-0.25, -0.2) is 9.59 Å². The fourth-order valence-corrected chi connectivity index (χ4v) is 0.732. The zero-order valence-corrected chi connectivity index (χ0v) is 9.03. The number of carboxylic acids is 1. The topological polar surface area (TPSA) is 139 Å². The van der Waals surface area contributed by atoms with E-state index < -0.39 is 12.0 Å². The third kappa shape index (κ3) is 5.11. The van der Waals surface area contributed by atoms with E-state index in [-0.39, 0.29) is 5.56 Å². The van der Waals surface area contributed by atoms with Crippen molar-refractivity contribution >= 4 is 17.7 Å². The molecule has 0 saturated carbocycles. The molecule has 0 atom stereocenters. The lowest BCUT2D eigenvalue weighted by Gasteiger charge is -1.97. The number of aromatic carboxylic acids is 1. The number of anilines is 1. The Bertz CT molecular complexity index is 421. The summed E-state index contributed by atoms with van der Waals surface area (Å²) in [5.74, 6) is -0.988. The number of carboxylic acid groups (broad SMARTS) is 1. The summed E-state index contributed by atoms with van der Waals surface area (Å²) in [6.07, 6.45) is 0. The van der Waals surface area contributed by atoms with Gasteiger partial charge >= 0.3 is 12.0 Å². The largest absolute Gasteiger partial charge is 0.478 e. The SMILES string of the molecule is CN(N=O)C(N)=O.Nc1ccccc1C(=O)O. The third-order valence-corrected chi connectivity index (χ3v) is 1.63. The molecule has 5 N–H and O–H groups in total. The van der Waals surface area contributed by atoms with Crippen molar-refractivity contribution in [3.05, 3.63) is 34.7 Å². The maximum absolute atomic E-state index is 10.3. The van der Waals surface area contributed by atoms with Crippen LogP contribution in [0.5, 0.6) is 0 Å². The number of nitrogen functional groups attached to an aromatic ring is 1. The van der Waals surface area contributed by atoms with Gasteiger partial charge in [-0.1, -0.05) is 12.1 Å². The number of hydrogen-bond donors (Lipinski definition) is 3. The van der Waals surface area contributed by atoms with Crippen molar-refractivity contribution in [2.24, 2.45) is 11.0 Å². The first-order chi connectivity index (χ1) is 7.90. The van der Waals surface area contributed by atoms with Gasteiger partial charge in [0.25, 0.3) is 0 Å². The molecular weight excluding hydrogens is 228 g/mol.